The Morgan fingerprint density at radius 3 is 2.74 bits per heavy atom. The number of nitrogens with one attached hydrogen (secondary N) is 1. The first-order valence-electron chi connectivity index (χ1n) is 8.42. The zero-order chi connectivity index (χ0) is 19.6. The van der Waals surface area contributed by atoms with E-state index in [4.69, 9.17) is 4.74 Å². The van der Waals surface area contributed by atoms with Crippen LogP contribution in [0.4, 0.5) is 11.4 Å². The summed E-state index contributed by atoms with van der Waals surface area (Å²) in [6.07, 6.45) is 2.88. The molecule has 1 heterocycles. The summed E-state index contributed by atoms with van der Waals surface area (Å²) < 4.78 is 5.26. The van der Waals surface area contributed by atoms with Crippen molar-refractivity contribution in [2.24, 2.45) is 0 Å². The maximum atomic E-state index is 12.4. The Morgan fingerprint density at radius 2 is 2.04 bits per heavy atom. The van der Waals surface area contributed by atoms with Crippen molar-refractivity contribution in [2.75, 3.05) is 11.9 Å². The van der Waals surface area contributed by atoms with Gasteiger partial charge in [0.2, 0.25) is 0 Å². The summed E-state index contributed by atoms with van der Waals surface area (Å²) in [6, 6.07) is 9.68. The van der Waals surface area contributed by atoms with Crippen LogP contribution in [0.5, 0.6) is 5.75 Å². The minimum Gasteiger partial charge on any atom is -0.482 e. The molecule has 7 heteroatoms. The molecule has 0 radical (unpaired) electrons. The molecule has 0 aromatic heterocycles. The van der Waals surface area contributed by atoms with Gasteiger partial charge in [0.25, 0.3) is 11.6 Å². The molecule has 0 unspecified atom stereocenters. The summed E-state index contributed by atoms with van der Waals surface area (Å²) in [5.41, 5.74) is 2.07. The summed E-state index contributed by atoms with van der Waals surface area (Å²) in [6.45, 7) is 3.73. The molecule has 1 aliphatic heterocycles. The predicted molar refractivity (Wildman–Crippen MR) is 101 cm³/mol. The smallest absolute Gasteiger partial charge is 0.273 e. The lowest BCUT2D eigenvalue weighted by Gasteiger charge is -2.17. The maximum Gasteiger partial charge on any atom is 0.273 e. The van der Waals surface area contributed by atoms with Crippen LogP contribution in [0.15, 0.2) is 42.5 Å². The van der Waals surface area contributed by atoms with Gasteiger partial charge >= 0.3 is 0 Å². The Kier molecular flexibility index (Phi) is 5.03. The lowest BCUT2D eigenvalue weighted by molar-refractivity contribution is -0.385. The molecule has 2 aromatic carbocycles. The molecule has 7 nitrogen and oxygen atoms in total. The quantitative estimate of drug-likeness (QED) is 0.374. The van der Waals surface area contributed by atoms with Crippen LogP contribution in [0.25, 0.3) is 6.08 Å². The summed E-state index contributed by atoms with van der Waals surface area (Å²) in [5.74, 6) is -0.0265. The number of rotatable bonds is 5. The normalized spacial score (nSPS) is 13.2. The zero-order valence-corrected chi connectivity index (χ0v) is 14.9. The number of nitro groups is 1. The lowest BCUT2D eigenvalue weighted by atomic mass is 9.99. The number of benzene rings is 2. The fraction of sp³-hybridized carbons (Fsp3) is 0.200. The van der Waals surface area contributed by atoms with Gasteiger partial charge in [0.05, 0.1) is 10.6 Å². The summed E-state index contributed by atoms with van der Waals surface area (Å²) in [5, 5.41) is 13.9. The molecule has 1 amide bonds. The summed E-state index contributed by atoms with van der Waals surface area (Å²) in [7, 11) is 0. The molecule has 0 saturated heterocycles. The van der Waals surface area contributed by atoms with Gasteiger partial charge in [0.15, 0.2) is 12.4 Å². The Bertz CT molecular complexity index is 963. The molecule has 0 fully saturated rings. The topological polar surface area (TPSA) is 98.5 Å². The second-order valence-corrected chi connectivity index (χ2v) is 6.48. The second-order valence-electron chi connectivity index (χ2n) is 6.48. The van der Waals surface area contributed by atoms with Crippen LogP contribution in [-0.2, 0) is 4.79 Å². The molecule has 1 N–H and O–H groups in total. The van der Waals surface area contributed by atoms with Gasteiger partial charge in [-0.3, -0.25) is 19.7 Å². The van der Waals surface area contributed by atoms with E-state index in [-0.39, 0.29) is 29.9 Å². The van der Waals surface area contributed by atoms with Crippen molar-refractivity contribution in [3.8, 4) is 5.75 Å². The highest BCUT2D eigenvalue weighted by atomic mass is 16.6. The summed E-state index contributed by atoms with van der Waals surface area (Å²) in [4.78, 5) is 34.6. The number of nitrogens with zero attached hydrogens (tertiary/aromatic N) is 1. The van der Waals surface area contributed by atoms with Crippen LogP contribution in [0.3, 0.4) is 0 Å². The monoisotopic (exact) mass is 366 g/mol. The maximum absolute atomic E-state index is 12.4. The molecule has 1 aliphatic rings. The van der Waals surface area contributed by atoms with Gasteiger partial charge in [-0.15, -0.1) is 0 Å². The van der Waals surface area contributed by atoms with Crippen molar-refractivity contribution in [2.45, 2.75) is 19.8 Å². The van der Waals surface area contributed by atoms with Crippen LogP contribution in [0, 0.1) is 10.1 Å². The van der Waals surface area contributed by atoms with Crippen molar-refractivity contribution in [1.29, 1.82) is 0 Å². The van der Waals surface area contributed by atoms with Crippen molar-refractivity contribution >= 4 is 29.1 Å². The van der Waals surface area contributed by atoms with Gasteiger partial charge < -0.3 is 10.1 Å². The van der Waals surface area contributed by atoms with Gasteiger partial charge in [0, 0.05) is 17.2 Å². The van der Waals surface area contributed by atoms with Crippen LogP contribution < -0.4 is 10.1 Å². The van der Waals surface area contributed by atoms with Gasteiger partial charge in [-0.2, -0.15) is 0 Å². The third kappa shape index (κ3) is 4.03. The Labute approximate surface area is 155 Å². The fourth-order valence-electron chi connectivity index (χ4n) is 2.82. The molecule has 27 heavy (non-hydrogen) atoms. The van der Waals surface area contributed by atoms with Gasteiger partial charge in [-0.25, -0.2) is 0 Å². The van der Waals surface area contributed by atoms with E-state index in [0.717, 1.165) is 0 Å². The van der Waals surface area contributed by atoms with Gasteiger partial charge in [0.1, 0.15) is 5.75 Å². The Hall–Kier alpha value is -3.48. The second kappa shape index (κ2) is 7.41. The largest absolute Gasteiger partial charge is 0.482 e. The Morgan fingerprint density at radius 1 is 1.26 bits per heavy atom. The number of ketones is 1. The molecule has 0 spiro atoms. The third-order valence-corrected chi connectivity index (χ3v) is 4.20. The average Bonchev–Trinajstić information content (AvgIpc) is 2.65. The molecular formula is C20H18N2O5. The van der Waals surface area contributed by atoms with Crippen molar-refractivity contribution in [3.63, 3.8) is 0 Å². The molecule has 0 atom stereocenters. The highest BCUT2D eigenvalue weighted by molar-refractivity contribution is 6.08. The van der Waals surface area contributed by atoms with Crippen LogP contribution >= 0.6 is 0 Å². The molecule has 0 bridgehead atoms. The number of hydrogen-bond acceptors (Lipinski definition) is 5. The highest BCUT2D eigenvalue weighted by Gasteiger charge is 2.18. The van der Waals surface area contributed by atoms with E-state index in [1.54, 1.807) is 30.3 Å². The molecule has 0 saturated carbocycles. The minimum atomic E-state index is -0.416. The number of anilines is 1. The first-order chi connectivity index (χ1) is 12.8. The first kappa shape index (κ1) is 18.3. The molecule has 3 rings (SSSR count). The van der Waals surface area contributed by atoms with Crippen LogP contribution in [0.1, 0.15) is 41.3 Å². The van der Waals surface area contributed by atoms with Crippen molar-refractivity contribution in [3.05, 3.63) is 69.3 Å². The molecule has 0 aliphatic carbocycles. The number of ether oxygens (including phenoxy) is 1. The number of hydrogen-bond donors (Lipinski definition) is 1. The number of allylic oxidation sites excluding steroid dienone is 1. The minimum absolute atomic E-state index is 0.0259. The van der Waals surface area contributed by atoms with E-state index >= 15 is 0 Å². The molecular weight excluding hydrogens is 348 g/mol. The third-order valence-electron chi connectivity index (χ3n) is 4.20. The lowest BCUT2D eigenvalue weighted by Crippen LogP contribution is -2.25. The number of carbonyl (C=O) groups excluding carboxylic acids is 2. The van der Waals surface area contributed by atoms with Gasteiger partial charge in [-0.05, 0) is 35.8 Å². The molecule has 2 aromatic rings. The fourth-order valence-corrected chi connectivity index (χ4v) is 2.82. The highest BCUT2D eigenvalue weighted by Crippen LogP contribution is 2.29. The van der Waals surface area contributed by atoms with E-state index < -0.39 is 4.92 Å². The van der Waals surface area contributed by atoms with Gasteiger partial charge in [-0.1, -0.05) is 32.1 Å². The van der Waals surface area contributed by atoms with E-state index in [1.807, 2.05) is 13.8 Å². The van der Waals surface area contributed by atoms with Crippen LogP contribution in [0.2, 0.25) is 0 Å². The average molecular weight is 366 g/mol. The van der Waals surface area contributed by atoms with E-state index in [9.17, 15) is 19.7 Å². The van der Waals surface area contributed by atoms with E-state index in [2.05, 4.69) is 5.32 Å². The molecule has 138 valence electrons. The number of amides is 1. The van der Waals surface area contributed by atoms with E-state index in [0.29, 0.717) is 28.1 Å². The number of nitro benzene ring substituents is 1. The Balaban J connectivity index is 1.83. The summed E-state index contributed by atoms with van der Waals surface area (Å²) >= 11 is 0. The SMILES string of the molecule is CC(C)c1ccc(/C=C/C(=O)c2ccc3c(c2)NC(=O)CO3)cc1[N+](=O)[O-]. The van der Waals surface area contributed by atoms with Crippen LogP contribution in [-0.4, -0.2) is 23.2 Å². The zero-order valence-electron chi connectivity index (χ0n) is 14.9. The standard InChI is InChI=1S/C20H18N2O5/c1-12(2)15-6-3-13(9-17(15)22(25)26)4-7-18(23)14-5-8-19-16(10-14)21-20(24)11-27-19/h3-10,12H,11H2,1-2H3,(H,21,24)/b7-4+. The number of carbonyl (C=O) groups is 2. The first-order valence-corrected chi connectivity index (χ1v) is 8.42. The van der Waals surface area contributed by atoms with E-state index in [1.165, 1.54) is 18.2 Å². The van der Waals surface area contributed by atoms with Crippen molar-refractivity contribution in [1.82, 2.24) is 0 Å². The number of fused-ring (bicyclic) bond motifs is 1. The predicted octanol–water partition coefficient (Wildman–Crippen LogP) is 3.95. The van der Waals surface area contributed by atoms with Crippen molar-refractivity contribution < 1.29 is 19.2 Å².